The van der Waals surface area contributed by atoms with Crippen molar-refractivity contribution in [1.29, 1.82) is 0 Å². The van der Waals surface area contributed by atoms with E-state index in [0.717, 1.165) is 24.2 Å². The number of halogens is 1. The fourth-order valence-electron chi connectivity index (χ4n) is 2.19. The van der Waals surface area contributed by atoms with Gasteiger partial charge in [0.15, 0.2) is 5.82 Å². The van der Waals surface area contributed by atoms with Crippen molar-refractivity contribution in [2.75, 3.05) is 5.84 Å². The van der Waals surface area contributed by atoms with Gasteiger partial charge in [-0.2, -0.15) is 4.98 Å². The van der Waals surface area contributed by atoms with Crippen LogP contribution in [0.25, 0.3) is 11.4 Å². The van der Waals surface area contributed by atoms with E-state index < -0.39 is 0 Å². The van der Waals surface area contributed by atoms with Gasteiger partial charge in [-0.25, -0.2) is 4.68 Å². The average molecular weight is 349 g/mol. The number of nitrogen functional groups attached to an aromatic ring is 1. The summed E-state index contributed by atoms with van der Waals surface area (Å²) in [4.78, 5) is 4.37. The van der Waals surface area contributed by atoms with Crippen molar-refractivity contribution in [3.63, 3.8) is 0 Å². The van der Waals surface area contributed by atoms with Gasteiger partial charge in [0.1, 0.15) is 0 Å². The highest BCUT2D eigenvalue weighted by Gasteiger charge is 2.30. The molecule has 0 amide bonds. The van der Waals surface area contributed by atoms with Crippen molar-refractivity contribution in [2.45, 2.75) is 29.7 Å². The van der Waals surface area contributed by atoms with Crippen LogP contribution >= 0.6 is 23.4 Å². The predicted molar refractivity (Wildman–Crippen MR) is 86.5 cm³/mol. The van der Waals surface area contributed by atoms with Crippen LogP contribution in [0.2, 0.25) is 5.02 Å². The van der Waals surface area contributed by atoms with Crippen LogP contribution in [-0.2, 0) is 5.75 Å². The Morgan fingerprint density at radius 2 is 2.22 bits per heavy atom. The van der Waals surface area contributed by atoms with Crippen LogP contribution in [0.3, 0.4) is 0 Å². The quantitative estimate of drug-likeness (QED) is 0.559. The summed E-state index contributed by atoms with van der Waals surface area (Å²) in [7, 11) is 0. The molecule has 2 aromatic heterocycles. The molecule has 1 aliphatic carbocycles. The first kappa shape index (κ1) is 14.5. The smallest absolute Gasteiger partial charge is 0.237 e. The fourth-order valence-corrected chi connectivity index (χ4v) is 3.08. The summed E-state index contributed by atoms with van der Waals surface area (Å²) in [5.41, 5.74) is 0.815. The lowest BCUT2D eigenvalue weighted by molar-refractivity contribution is 0.391. The molecule has 0 radical (unpaired) electrons. The first-order valence-electron chi connectivity index (χ1n) is 7.12. The number of rotatable bonds is 5. The molecule has 0 aliphatic heterocycles. The average Bonchev–Trinajstić information content (AvgIpc) is 3.16. The molecule has 118 valence electrons. The summed E-state index contributed by atoms with van der Waals surface area (Å²) in [5.74, 6) is 8.80. The lowest BCUT2D eigenvalue weighted by atomic mass is 10.2. The molecule has 7 nitrogen and oxygen atoms in total. The molecule has 4 rings (SSSR count). The van der Waals surface area contributed by atoms with Crippen molar-refractivity contribution in [2.24, 2.45) is 0 Å². The van der Waals surface area contributed by atoms with Crippen LogP contribution in [-0.4, -0.2) is 25.0 Å². The molecular formula is C14H13ClN6OS. The standard InChI is InChI=1S/C14H13ClN6OS/c15-10-3-1-2-9(6-10)12-17-11(22-20-12)7-23-14-19-18-13(21(14)16)8-4-5-8/h1-3,6,8H,4-5,7,16H2. The maximum Gasteiger partial charge on any atom is 0.237 e. The van der Waals surface area contributed by atoms with Crippen LogP contribution < -0.4 is 5.84 Å². The number of aromatic nitrogens is 5. The van der Waals surface area contributed by atoms with E-state index in [1.165, 1.54) is 11.8 Å². The predicted octanol–water partition coefficient (Wildman–Crippen LogP) is 2.87. The fraction of sp³-hybridized carbons (Fsp3) is 0.286. The topological polar surface area (TPSA) is 95.7 Å². The number of benzene rings is 1. The minimum Gasteiger partial charge on any atom is -0.338 e. The zero-order valence-corrected chi connectivity index (χ0v) is 13.6. The maximum absolute atomic E-state index is 6.01. The van der Waals surface area contributed by atoms with Gasteiger partial charge in [-0.3, -0.25) is 0 Å². The number of nitrogens with two attached hydrogens (primary N) is 1. The largest absolute Gasteiger partial charge is 0.338 e. The Bertz CT molecular complexity index is 843. The third-order valence-corrected chi connectivity index (χ3v) is 4.67. The molecule has 0 unspecified atom stereocenters. The molecule has 2 N–H and O–H groups in total. The van der Waals surface area contributed by atoms with Crippen molar-refractivity contribution < 1.29 is 4.52 Å². The molecule has 1 saturated carbocycles. The van der Waals surface area contributed by atoms with Gasteiger partial charge in [0.25, 0.3) is 0 Å². The Morgan fingerprint density at radius 1 is 1.35 bits per heavy atom. The van der Waals surface area contributed by atoms with Crippen LogP contribution in [0.4, 0.5) is 0 Å². The minimum absolute atomic E-state index is 0.458. The molecule has 9 heteroatoms. The van der Waals surface area contributed by atoms with E-state index in [-0.39, 0.29) is 0 Å². The highest BCUT2D eigenvalue weighted by molar-refractivity contribution is 7.98. The van der Waals surface area contributed by atoms with E-state index in [9.17, 15) is 0 Å². The zero-order valence-electron chi connectivity index (χ0n) is 12.0. The zero-order chi connectivity index (χ0) is 15.8. The van der Waals surface area contributed by atoms with E-state index in [1.807, 2.05) is 12.1 Å². The van der Waals surface area contributed by atoms with E-state index in [4.69, 9.17) is 22.0 Å². The molecule has 0 atom stereocenters. The third-order valence-electron chi connectivity index (χ3n) is 3.51. The van der Waals surface area contributed by atoms with Gasteiger partial charge in [-0.1, -0.05) is 40.7 Å². The Hall–Kier alpha value is -2.06. The third kappa shape index (κ3) is 3.04. The first-order valence-corrected chi connectivity index (χ1v) is 8.49. The summed E-state index contributed by atoms with van der Waals surface area (Å²) in [5, 5.41) is 13.5. The van der Waals surface area contributed by atoms with E-state index in [1.54, 1.807) is 16.8 Å². The van der Waals surface area contributed by atoms with E-state index in [2.05, 4.69) is 20.3 Å². The molecule has 0 bridgehead atoms. The molecule has 2 heterocycles. The minimum atomic E-state index is 0.458. The van der Waals surface area contributed by atoms with Crippen LogP contribution in [0.1, 0.15) is 30.5 Å². The summed E-state index contributed by atoms with van der Waals surface area (Å²) in [6.07, 6.45) is 2.26. The van der Waals surface area contributed by atoms with Gasteiger partial charge < -0.3 is 10.4 Å². The number of nitrogens with zero attached hydrogens (tertiary/aromatic N) is 5. The number of thioether (sulfide) groups is 1. The molecule has 23 heavy (non-hydrogen) atoms. The second-order valence-electron chi connectivity index (χ2n) is 5.30. The molecule has 1 fully saturated rings. The van der Waals surface area contributed by atoms with Crippen molar-refractivity contribution in [3.8, 4) is 11.4 Å². The van der Waals surface area contributed by atoms with Gasteiger partial charge in [0.05, 0.1) is 5.75 Å². The summed E-state index contributed by atoms with van der Waals surface area (Å²) in [6, 6.07) is 7.32. The molecule has 0 saturated heterocycles. The van der Waals surface area contributed by atoms with Crippen molar-refractivity contribution >= 4 is 23.4 Å². The molecule has 1 aromatic carbocycles. The molecule has 0 spiro atoms. The van der Waals surface area contributed by atoms with Gasteiger partial charge in [-0.15, -0.1) is 10.2 Å². The summed E-state index contributed by atoms with van der Waals surface area (Å²) in [6.45, 7) is 0. The van der Waals surface area contributed by atoms with E-state index in [0.29, 0.717) is 33.6 Å². The van der Waals surface area contributed by atoms with Gasteiger partial charge in [0, 0.05) is 16.5 Å². The van der Waals surface area contributed by atoms with Crippen LogP contribution in [0.5, 0.6) is 0 Å². The van der Waals surface area contributed by atoms with Gasteiger partial charge >= 0.3 is 0 Å². The Balaban J connectivity index is 1.46. The van der Waals surface area contributed by atoms with Gasteiger partial charge in [0.2, 0.25) is 16.9 Å². The second kappa shape index (κ2) is 5.86. The second-order valence-corrected chi connectivity index (χ2v) is 6.67. The molecule has 3 aromatic rings. The SMILES string of the molecule is Nn1c(SCc2nc(-c3cccc(Cl)c3)no2)nnc1C1CC1. The van der Waals surface area contributed by atoms with E-state index >= 15 is 0 Å². The highest BCUT2D eigenvalue weighted by atomic mass is 35.5. The van der Waals surface area contributed by atoms with Crippen LogP contribution in [0, 0.1) is 0 Å². The lowest BCUT2D eigenvalue weighted by Gasteiger charge is -2.00. The highest BCUT2D eigenvalue weighted by Crippen LogP contribution is 2.39. The normalized spacial score (nSPS) is 14.3. The number of hydrogen-bond acceptors (Lipinski definition) is 7. The monoisotopic (exact) mass is 348 g/mol. The van der Waals surface area contributed by atoms with Crippen LogP contribution in [0.15, 0.2) is 33.9 Å². The lowest BCUT2D eigenvalue weighted by Crippen LogP contribution is -2.13. The molecular weight excluding hydrogens is 336 g/mol. The summed E-state index contributed by atoms with van der Waals surface area (Å²) >= 11 is 7.39. The molecule has 1 aliphatic rings. The number of hydrogen-bond donors (Lipinski definition) is 1. The Kier molecular flexibility index (Phi) is 3.70. The Labute approximate surface area is 141 Å². The maximum atomic E-state index is 6.01. The van der Waals surface area contributed by atoms with Crippen molar-refractivity contribution in [3.05, 3.63) is 41.0 Å². The van der Waals surface area contributed by atoms with Gasteiger partial charge in [-0.05, 0) is 25.0 Å². The summed E-state index contributed by atoms with van der Waals surface area (Å²) < 4.78 is 6.82. The van der Waals surface area contributed by atoms with Crippen molar-refractivity contribution in [1.82, 2.24) is 25.0 Å². The first-order chi connectivity index (χ1) is 11.2. The Morgan fingerprint density at radius 3 is 3.00 bits per heavy atom.